The lowest BCUT2D eigenvalue weighted by Gasteiger charge is -2.33. The first-order valence-corrected chi connectivity index (χ1v) is 11.4. The van der Waals surface area contributed by atoms with Crippen LogP contribution >= 0.6 is 0 Å². The first-order valence-electron chi connectivity index (χ1n) is 11.4. The predicted molar refractivity (Wildman–Crippen MR) is 118 cm³/mol. The molecular weight excluding hydrogens is 396 g/mol. The smallest absolute Gasteiger partial charge is 0.253 e. The second-order valence-electron chi connectivity index (χ2n) is 8.43. The van der Waals surface area contributed by atoms with Gasteiger partial charge in [0.25, 0.3) is 5.56 Å². The van der Waals surface area contributed by atoms with Gasteiger partial charge >= 0.3 is 0 Å². The zero-order chi connectivity index (χ0) is 21.6. The molecule has 2 aliphatic rings. The summed E-state index contributed by atoms with van der Waals surface area (Å²) in [5.74, 6) is 0.912. The van der Waals surface area contributed by atoms with Crippen molar-refractivity contribution in [2.24, 2.45) is 5.92 Å². The molecule has 168 valence electrons. The molecule has 0 radical (unpaired) electrons. The highest BCUT2D eigenvalue weighted by molar-refractivity contribution is 5.81. The molecule has 4 rings (SSSR count). The first-order chi connectivity index (χ1) is 15.1. The maximum Gasteiger partial charge on any atom is 0.253 e. The Morgan fingerprint density at radius 2 is 2.03 bits per heavy atom. The van der Waals surface area contributed by atoms with Crippen LogP contribution in [0.3, 0.4) is 0 Å². The van der Waals surface area contributed by atoms with Gasteiger partial charge in [-0.1, -0.05) is 19.3 Å². The number of carbonyl (C=O) groups excluding carboxylic acids is 1. The summed E-state index contributed by atoms with van der Waals surface area (Å²) in [5.41, 5.74) is 1.16. The summed E-state index contributed by atoms with van der Waals surface area (Å²) in [7, 11) is 0. The second kappa shape index (κ2) is 10.3. The number of aromatic amines is 1. The van der Waals surface area contributed by atoms with Crippen LogP contribution in [-0.4, -0.2) is 54.9 Å². The van der Waals surface area contributed by atoms with Gasteiger partial charge in [0.2, 0.25) is 5.91 Å². The third-order valence-electron chi connectivity index (χ3n) is 6.14. The van der Waals surface area contributed by atoms with Gasteiger partial charge in [0.1, 0.15) is 5.75 Å². The maximum atomic E-state index is 13.4. The molecule has 1 N–H and O–H groups in total. The molecule has 1 saturated heterocycles. The van der Waals surface area contributed by atoms with Gasteiger partial charge in [-0.2, -0.15) is 0 Å². The quantitative estimate of drug-likeness (QED) is 0.732. The third kappa shape index (κ3) is 5.46. The molecule has 0 spiro atoms. The van der Waals surface area contributed by atoms with E-state index < -0.39 is 0 Å². The number of fused-ring (bicyclic) bond motifs is 1. The topological polar surface area (TPSA) is 80.9 Å². The van der Waals surface area contributed by atoms with E-state index in [1.54, 1.807) is 4.90 Å². The van der Waals surface area contributed by atoms with E-state index in [1.807, 2.05) is 31.2 Å². The molecule has 1 aromatic heterocycles. The summed E-state index contributed by atoms with van der Waals surface area (Å²) in [4.78, 5) is 30.9. The molecule has 1 aromatic carbocycles. The fraction of sp³-hybridized carbons (Fsp3) is 0.583. The van der Waals surface area contributed by atoms with Crippen molar-refractivity contribution in [3.05, 3.63) is 40.2 Å². The van der Waals surface area contributed by atoms with Crippen LogP contribution in [0.5, 0.6) is 5.75 Å². The molecule has 1 unspecified atom stereocenters. The Labute approximate surface area is 182 Å². The van der Waals surface area contributed by atoms with Gasteiger partial charge in [0.05, 0.1) is 39.1 Å². The molecule has 31 heavy (non-hydrogen) atoms. The molecule has 1 aliphatic carbocycles. The highest BCUT2D eigenvalue weighted by Gasteiger charge is 2.29. The van der Waals surface area contributed by atoms with E-state index in [4.69, 9.17) is 14.2 Å². The van der Waals surface area contributed by atoms with E-state index in [2.05, 4.69) is 4.98 Å². The van der Waals surface area contributed by atoms with Gasteiger partial charge in [-0.05, 0) is 44.0 Å². The maximum absolute atomic E-state index is 13.4. The average molecular weight is 429 g/mol. The summed E-state index contributed by atoms with van der Waals surface area (Å²) in [6, 6.07) is 7.49. The van der Waals surface area contributed by atoms with E-state index in [-0.39, 0.29) is 30.0 Å². The number of H-pyrrole nitrogens is 1. The number of aromatic nitrogens is 1. The molecule has 1 saturated carbocycles. The average Bonchev–Trinajstić information content (AvgIpc) is 2.80. The summed E-state index contributed by atoms with van der Waals surface area (Å²) < 4.78 is 16.9. The molecule has 0 bridgehead atoms. The van der Waals surface area contributed by atoms with Crippen LogP contribution in [0.25, 0.3) is 10.9 Å². The highest BCUT2D eigenvalue weighted by atomic mass is 16.6. The Morgan fingerprint density at radius 3 is 2.77 bits per heavy atom. The van der Waals surface area contributed by atoms with Crippen molar-refractivity contribution in [1.29, 1.82) is 0 Å². The molecule has 1 aliphatic heterocycles. The van der Waals surface area contributed by atoms with E-state index in [0.717, 1.165) is 42.3 Å². The second-order valence-corrected chi connectivity index (χ2v) is 8.43. The summed E-state index contributed by atoms with van der Waals surface area (Å²) in [6.07, 6.45) is 5.04. The monoisotopic (exact) mass is 428 g/mol. The summed E-state index contributed by atoms with van der Waals surface area (Å²) in [6.45, 7) is 4.81. The third-order valence-corrected chi connectivity index (χ3v) is 6.14. The van der Waals surface area contributed by atoms with Crippen molar-refractivity contribution in [2.45, 2.75) is 51.7 Å². The van der Waals surface area contributed by atoms with Gasteiger partial charge in [-0.15, -0.1) is 0 Å². The van der Waals surface area contributed by atoms with Crippen LogP contribution in [0.1, 0.15) is 44.6 Å². The van der Waals surface area contributed by atoms with E-state index >= 15 is 0 Å². The Morgan fingerprint density at radius 1 is 1.19 bits per heavy atom. The van der Waals surface area contributed by atoms with Crippen molar-refractivity contribution >= 4 is 16.8 Å². The standard InChI is InChI=1S/C24H32N2O5/c1-2-30-20-8-9-22-18(13-20)12-19(23(27)25-22)14-26(15-21-16-29-10-11-31-21)24(28)17-6-4-3-5-7-17/h8-9,12-13,17,21H,2-7,10-11,14-16H2,1H3,(H,25,27). The van der Waals surface area contributed by atoms with Crippen LogP contribution in [-0.2, 0) is 20.8 Å². The number of benzene rings is 1. The van der Waals surface area contributed by atoms with Gasteiger partial charge in [0, 0.05) is 28.9 Å². The normalized spacial score (nSPS) is 20.0. The molecule has 2 heterocycles. The molecule has 2 aromatic rings. The highest BCUT2D eigenvalue weighted by Crippen LogP contribution is 2.27. The largest absolute Gasteiger partial charge is 0.494 e. The number of pyridine rings is 1. The molecule has 1 atom stereocenters. The van der Waals surface area contributed by atoms with Crippen molar-refractivity contribution in [3.63, 3.8) is 0 Å². The lowest BCUT2D eigenvalue weighted by Crippen LogP contribution is -2.45. The van der Waals surface area contributed by atoms with Crippen LogP contribution < -0.4 is 10.3 Å². The summed E-state index contributed by atoms with van der Waals surface area (Å²) in [5, 5.41) is 0.892. The lowest BCUT2D eigenvalue weighted by molar-refractivity contribution is -0.144. The van der Waals surface area contributed by atoms with Crippen molar-refractivity contribution in [2.75, 3.05) is 33.0 Å². The number of carbonyl (C=O) groups is 1. The van der Waals surface area contributed by atoms with Crippen molar-refractivity contribution < 1.29 is 19.0 Å². The van der Waals surface area contributed by atoms with E-state index in [1.165, 1.54) is 6.42 Å². The van der Waals surface area contributed by atoms with Crippen LogP contribution in [0.2, 0.25) is 0 Å². The zero-order valence-electron chi connectivity index (χ0n) is 18.2. The van der Waals surface area contributed by atoms with Crippen molar-refractivity contribution in [1.82, 2.24) is 9.88 Å². The molecule has 2 fully saturated rings. The predicted octanol–water partition coefficient (Wildman–Crippen LogP) is 3.25. The van der Waals surface area contributed by atoms with Crippen LogP contribution in [0.4, 0.5) is 0 Å². The summed E-state index contributed by atoms with van der Waals surface area (Å²) >= 11 is 0. The van der Waals surface area contributed by atoms with E-state index in [0.29, 0.717) is 38.5 Å². The Balaban J connectivity index is 1.59. The number of rotatable bonds is 7. The number of nitrogens with one attached hydrogen (secondary N) is 1. The number of amides is 1. The minimum Gasteiger partial charge on any atom is -0.494 e. The van der Waals surface area contributed by atoms with E-state index in [9.17, 15) is 9.59 Å². The Bertz CT molecular complexity index is 945. The van der Waals surface area contributed by atoms with Gasteiger partial charge in [-0.25, -0.2) is 0 Å². The fourth-order valence-electron chi connectivity index (χ4n) is 4.54. The van der Waals surface area contributed by atoms with Crippen LogP contribution in [0, 0.1) is 5.92 Å². The number of hydrogen-bond donors (Lipinski definition) is 1. The zero-order valence-corrected chi connectivity index (χ0v) is 18.2. The van der Waals surface area contributed by atoms with Gasteiger partial charge in [0.15, 0.2) is 0 Å². The van der Waals surface area contributed by atoms with Crippen LogP contribution in [0.15, 0.2) is 29.1 Å². The Kier molecular flexibility index (Phi) is 7.25. The van der Waals surface area contributed by atoms with Gasteiger partial charge < -0.3 is 24.1 Å². The van der Waals surface area contributed by atoms with Crippen molar-refractivity contribution in [3.8, 4) is 5.75 Å². The number of hydrogen-bond acceptors (Lipinski definition) is 5. The molecule has 1 amide bonds. The number of nitrogens with zero attached hydrogens (tertiary/aromatic N) is 1. The lowest BCUT2D eigenvalue weighted by atomic mass is 9.88. The first kappa shape index (κ1) is 21.8. The molecule has 7 nitrogen and oxygen atoms in total. The minimum absolute atomic E-state index is 0.0300. The Hall–Kier alpha value is -2.38. The van der Waals surface area contributed by atoms with Gasteiger partial charge in [-0.3, -0.25) is 9.59 Å². The molecule has 7 heteroatoms. The molecular formula is C24H32N2O5. The number of ether oxygens (including phenoxy) is 3. The SMILES string of the molecule is CCOc1ccc2[nH]c(=O)c(CN(CC3COCCO3)C(=O)C3CCCCC3)cc2c1. The fourth-order valence-corrected chi connectivity index (χ4v) is 4.54. The minimum atomic E-state index is -0.168.